The first-order valence-corrected chi connectivity index (χ1v) is 5.84. The average molecular weight is 464 g/mol. The predicted octanol–water partition coefficient (Wildman–Crippen LogP) is -6.13. The van der Waals surface area contributed by atoms with Gasteiger partial charge in [0, 0.05) is 60.3 Å². The molecular formula is C12H34Cl2Cu2N4O2-4. The quantitative estimate of drug-likeness (QED) is 0.365. The molecule has 2 radical (unpaired) electrons. The summed E-state index contributed by atoms with van der Waals surface area (Å²) >= 11 is 0. The van der Waals surface area contributed by atoms with E-state index < -0.39 is 0 Å². The van der Waals surface area contributed by atoms with Crippen molar-refractivity contribution in [1.29, 1.82) is 0 Å². The molecule has 0 aromatic rings. The van der Waals surface area contributed by atoms with E-state index >= 15 is 0 Å². The van der Waals surface area contributed by atoms with Crippen molar-refractivity contribution in [2.24, 2.45) is 0 Å². The molecule has 0 aliphatic carbocycles. The molecule has 0 atom stereocenters. The Morgan fingerprint density at radius 1 is 0.409 bits per heavy atom. The third-order valence-electron chi connectivity index (χ3n) is 1.99. The maximum absolute atomic E-state index is 2.18. The minimum Gasteiger partial charge on any atom is -1.00 e. The molecule has 10 heteroatoms. The summed E-state index contributed by atoms with van der Waals surface area (Å²) in [6.45, 7) is 4.58. The van der Waals surface area contributed by atoms with Gasteiger partial charge < -0.3 is 55.4 Å². The third-order valence-corrected chi connectivity index (χ3v) is 1.99. The van der Waals surface area contributed by atoms with Crippen LogP contribution in [0.25, 0.3) is 0 Å². The van der Waals surface area contributed by atoms with Crippen LogP contribution in [0.2, 0.25) is 0 Å². The van der Waals surface area contributed by atoms with E-state index in [0.717, 1.165) is 26.2 Å². The van der Waals surface area contributed by atoms with Gasteiger partial charge in [-0.1, -0.05) is 0 Å². The fourth-order valence-corrected chi connectivity index (χ4v) is 0.800. The molecule has 0 heterocycles. The summed E-state index contributed by atoms with van der Waals surface area (Å²) < 4.78 is 0. The molecule has 22 heavy (non-hydrogen) atoms. The Morgan fingerprint density at radius 3 is 0.545 bits per heavy atom. The molecular weight excluding hydrogens is 430 g/mol. The molecule has 0 aliphatic heterocycles. The first-order chi connectivity index (χ1) is 7.25. The van der Waals surface area contributed by atoms with Crippen LogP contribution >= 0.6 is 0 Å². The van der Waals surface area contributed by atoms with Crippen LogP contribution in [-0.2, 0) is 34.1 Å². The van der Waals surface area contributed by atoms with E-state index in [1.54, 1.807) is 0 Å². The monoisotopic (exact) mass is 462 g/mol. The topological polar surface area (TPSA) is 73.0 Å². The number of hydrogen-bond acceptors (Lipinski definition) is 6. The molecule has 2 N–H and O–H groups in total. The standard InChI is InChI=1S/2C6H16N2.2ClH.2Cu.2H2O/c2*1-7(2)5-6-8(3)4;;;;;;/h2*5-6H2,1-4H3;2*1H;;;2*1H2/p-4. The molecule has 6 nitrogen and oxygen atoms in total. The fourth-order valence-electron chi connectivity index (χ4n) is 0.800. The molecule has 0 saturated heterocycles. The minimum atomic E-state index is 0. The van der Waals surface area contributed by atoms with Crippen molar-refractivity contribution >= 4 is 0 Å². The Kier molecular flexibility index (Phi) is 76.2. The van der Waals surface area contributed by atoms with Gasteiger partial charge in [0.1, 0.15) is 0 Å². The van der Waals surface area contributed by atoms with Crippen molar-refractivity contribution in [2.45, 2.75) is 0 Å². The molecule has 0 amide bonds. The van der Waals surface area contributed by atoms with Crippen molar-refractivity contribution in [3.63, 3.8) is 0 Å². The van der Waals surface area contributed by atoms with Crippen molar-refractivity contribution in [3.8, 4) is 0 Å². The zero-order chi connectivity index (χ0) is 13.1. The SMILES string of the molecule is CN(C)CCN(C)C.CN(C)CCN(C)C.[Cl-].[Cl-].[Cu].[Cu].[OH-].[OH-]. The van der Waals surface area contributed by atoms with E-state index in [-0.39, 0.29) is 69.9 Å². The van der Waals surface area contributed by atoms with E-state index in [2.05, 4.69) is 76.0 Å². The molecule has 154 valence electrons. The van der Waals surface area contributed by atoms with Crippen LogP contribution in [0.4, 0.5) is 0 Å². The van der Waals surface area contributed by atoms with Gasteiger partial charge in [0.15, 0.2) is 0 Å². The normalized spacial score (nSPS) is 8.18. The summed E-state index contributed by atoms with van der Waals surface area (Å²) in [6.07, 6.45) is 0. The number of nitrogens with zero attached hydrogens (tertiary/aromatic N) is 4. The number of rotatable bonds is 6. The number of likely N-dealkylation sites (N-methyl/N-ethyl adjacent to an activating group) is 4. The smallest absolute Gasteiger partial charge is 0.0103 e. The van der Waals surface area contributed by atoms with Crippen molar-refractivity contribution in [3.05, 3.63) is 0 Å². The van der Waals surface area contributed by atoms with Gasteiger partial charge in [-0.05, 0) is 56.4 Å². The molecule has 0 rings (SSSR count). The van der Waals surface area contributed by atoms with Gasteiger partial charge in [-0.15, -0.1) is 0 Å². The number of hydrogen-bond donors (Lipinski definition) is 0. The molecule has 0 bridgehead atoms. The van der Waals surface area contributed by atoms with Crippen molar-refractivity contribution < 1.29 is 69.9 Å². The largest absolute Gasteiger partial charge is 1.00 e. The summed E-state index contributed by atoms with van der Waals surface area (Å²) in [5.74, 6) is 0. The summed E-state index contributed by atoms with van der Waals surface area (Å²) in [6, 6.07) is 0. The van der Waals surface area contributed by atoms with Gasteiger partial charge in [-0.2, -0.15) is 0 Å². The van der Waals surface area contributed by atoms with Gasteiger partial charge in [-0.3, -0.25) is 0 Å². The Labute approximate surface area is 171 Å². The fraction of sp³-hybridized carbons (Fsp3) is 1.00. The Morgan fingerprint density at radius 2 is 0.500 bits per heavy atom. The molecule has 0 fully saturated rings. The van der Waals surface area contributed by atoms with E-state index in [1.807, 2.05) is 0 Å². The zero-order valence-electron chi connectivity index (χ0n) is 14.9. The second-order valence-corrected chi connectivity index (χ2v) is 5.21. The molecule has 0 aromatic carbocycles. The second kappa shape index (κ2) is 33.9. The van der Waals surface area contributed by atoms with Crippen LogP contribution in [0.5, 0.6) is 0 Å². The summed E-state index contributed by atoms with van der Waals surface area (Å²) in [4.78, 5) is 8.72. The van der Waals surface area contributed by atoms with E-state index in [4.69, 9.17) is 0 Å². The number of halogens is 2. The summed E-state index contributed by atoms with van der Waals surface area (Å²) in [5, 5.41) is 0. The summed E-state index contributed by atoms with van der Waals surface area (Å²) in [7, 11) is 16.7. The van der Waals surface area contributed by atoms with Crippen LogP contribution in [0.15, 0.2) is 0 Å². The Bertz CT molecular complexity index is 129. The first-order valence-electron chi connectivity index (χ1n) is 5.84. The predicted molar refractivity (Wildman–Crippen MR) is 78.1 cm³/mol. The van der Waals surface area contributed by atoms with Gasteiger partial charge in [-0.25, -0.2) is 0 Å². The van der Waals surface area contributed by atoms with Gasteiger partial charge in [0.2, 0.25) is 0 Å². The van der Waals surface area contributed by atoms with Crippen molar-refractivity contribution in [1.82, 2.24) is 19.6 Å². The maximum atomic E-state index is 2.18. The van der Waals surface area contributed by atoms with Crippen molar-refractivity contribution in [2.75, 3.05) is 82.6 Å². The minimum absolute atomic E-state index is 0. The Hall–Kier alpha value is 1.38. The molecule has 0 aliphatic rings. The summed E-state index contributed by atoms with van der Waals surface area (Å²) in [5.41, 5.74) is 0. The average Bonchev–Trinajstić information content (AvgIpc) is 2.12. The van der Waals surface area contributed by atoms with E-state index in [9.17, 15) is 0 Å². The molecule has 0 spiro atoms. The zero-order valence-corrected chi connectivity index (χ0v) is 18.3. The van der Waals surface area contributed by atoms with E-state index in [1.165, 1.54) is 0 Å². The Balaban J connectivity index is -0.0000000233. The third kappa shape index (κ3) is 68.6. The van der Waals surface area contributed by atoms with Crippen LogP contribution in [0, 0.1) is 0 Å². The van der Waals surface area contributed by atoms with Crippen LogP contribution in [0.3, 0.4) is 0 Å². The van der Waals surface area contributed by atoms with Gasteiger partial charge >= 0.3 is 0 Å². The molecule has 0 saturated carbocycles. The van der Waals surface area contributed by atoms with Gasteiger partial charge in [0.25, 0.3) is 0 Å². The second-order valence-electron chi connectivity index (χ2n) is 5.21. The van der Waals surface area contributed by atoms with Gasteiger partial charge in [0.05, 0.1) is 0 Å². The molecule has 0 unspecified atom stereocenters. The van der Waals surface area contributed by atoms with Crippen LogP contribution in [0.1, 0.15) is 0 Å². The maximum Gasteiger partial charge on any atom is 0.0103 e. The molecule has 0 aromatic heterocycles. The van der Waals surface area contributed by atoms with E-state index in [0.29, 0.717) is 0 Å². The van der Waals surface area contributed by atoms with Crippen LogP contribution in [-0.4, -0.2) is 113 Å². The van der Waals surface area contributed by atoms with Crippen LogP contribution < -0.4 is 24.8 Å². The first kappa shape index (κ1) is 49.5.